The average molecular weight is 391 g/mol. The first-order chi connectivity index (χ1) is 13.0. The first-order valence-electron chi connectivity index (χ1n) is 8.56. The Morgan fingerprint density at radius 2 is 1.48 bits per heavy atom. The molecule has 0 aliphatic rings. The Balaban J connectivity index is 1.58. The van der Waals surface area contributed by atoms with Gasteiger partial charge in [-0.25, -0.2) is 0 Å². The van der Waals surface area contributed by atoms with Gasteiger partial charge in [-0.05, 0) is 55.3 Å². The van der Waals surface area contributed by atoms with E-state index in [1.807, 2.05) is 32.0 Å². The zero-order valence-electron chi connectivity index (χ0n) is 15.4. The van der Waals surface area contributed by atoms with Gasteiger partial charge in [0.15, 0.2) is 13.2 Å². The van der Waals surface area contributed by atoms with Gasteiger partial charge < -0.3 is 20.1 Å². The van der Waals surface area contributed by atoms with Crippen molar-refractivity contribution in [3.8, 4) is 11.5 Å². The van der Waals surface area contributed by atoms with Crippen molar-refractivity contribution in [3.05, 3.63) is 58.6 Å². The smallest absolute Gasteiger partial charge is 0.258 e. The fourth-order valence-corrected chi connectivity index (χ4v) is 2.34. The van der Waals surface area contributed by atoms with Crippen LogP contribution in [-0.4, -0.2) is 38.1 Å². The van der Waals surface area contributed by atoms with Crippen molar-refractivity contribution in [1.82, 2.24) is 10.6 Å². The summed E-state index contributed by atoms with van der Waals surface area (Å²) in [4.78, 5) is 23.5. The molecule has 0 aliphatic heterocycles. The van der Waals surface area contributed by atoms with Crippen molar-refractivity contribution in [3.63, 3.8) is 0 Å². The summed E-state index contributed by atoms with van der Waals surface area (Å²) < 4.78 is 10.9. The molecule has 27 heavy (non-hydrogen) atoms. The second kappa shape index (κ2) is 10.4. The Bertz CT molecular complexity index is 778. The van der Waals surface area contributed by atoms with Gasteiger partial charge in [-0.15, -0.1) is 0 Å². The highest BCUT2D eigenvalue weighted by atomic mass is 35.5. The Labute approximate surface area is 163 Å². The average Bonchev–Trinajstić information content (AvgIpc) is 2.66. The third-order valence-electron chi connectivity index (χ3n) is 3.87. The predicted molar refractivity (Wildman–Crippen MR) is 104 cm³/mol. The number of aryl methyl sites for hydroxylation is 1. The number of rotatable bonds is 9. The number of halogens is 1. The molecule has 0 saturated carbocycles. The van der Waals surface area contributed by atoms with Crippen LogP contribution in [0.4, 0.5) is 0 Å². The van der Waals surface area contributed by atoms with Crippen LogP contribution in [0, 0.1) is 13.8 Å². The van der Waals surface area contributed by atoms with Crippen LogP contribution in [0.25, 0.3) is 0 Å². The molecule has 0 aliphatic carbocycles. The Kier molecular flexibility index (Phi) is 7.95. The lowest BCUT2D eigenvalue weighted by atomic mass is 10.1. The maximum absolute atomic E-state index is 11.8. The van der Waals surface area contributed by atoms with E-state index in [-0.39, 0.29) is 25.0 Å². The molecular formula is C20H23ClN2O4. The van der Waals surface area contributed by atoms with Gasteiger partial charge in [0.25, 0.3) is 11.8 Å². The number of nitrogens with one attached hydrogen (secondary N) is 2. The number of carbonyl (C=O) groups is 2. The van der Waals surface area contributed by atoms with Crippen molar-refractivity contribution in [1.29, 1.82) is 0 Å². The van der Waals surface area contributed by atoms with Crippen molar-refractivity contribution < 1.29 is 19.1 Å². The van der Waals surface area contributed by atoms with E-state index < -0.39 is 0 Å². The van der Waals surface area contributed by atoms with Gasteiger partial charge in [0, 0.05) is 18.1 Å². The number of hydrogen-bond acceptors (Lipinski definition) is 4. The van der Waals surface area contributed by atoms with Crippen molar-refractivity contribution in [2.24, 2.45) is 0 Å². The van der Waals surface area contributed by atoms with E-state index in [4.69, 9.17) is 21.1 Å². The molecule has 2 amide bonds. The second-order valence-corrected chi connectivity index (χ2v) is 6.37. The van der Waals surface area contributed by atoms with Crippen molar-refractivity contribution in [2.75, 3.05) is 26.3 Å². The summed E-state index contributed by atoms with van der Waals surface area (Å²) in [6, 6.07) is 12.4. The molecule has 2 aromatic rings. The first-order valence-corrected chi connectivity index (χ1v) is 8.94. The van der Waals surface area contributed by atoms with E-state index >= 15 is 0 Å². The van der Waals surface area contributed by atoms with Crippen LogP contribution in [0.1, 0.15) is 11.1 Å². The van der Waals surface area contributed by atoms with Crippen LogP contribution in [0.2, 0.25) is 5.02 Å². The summed E-state index contributed by atoms with van der Waals surface area (Å²) in [5.74, 6) is 0.734. The minimum absolute atomic E-state index is 0.0715. The Hall–Kier alpha value is -2.73. The third kappa shape index (κ3) is 7.19. The van der Waals surface area contributed by atoms with E-state index in [2.05, 4.69) is 10.6 Å². The molecule has 2 aromatic carbocycles. The molecule has 2 rings (SSSR count). The highest BCUT2D eigenvalue weighted by Gasteiger charge is 2.06. The normalized spacial score (nSPS) is 10.2. The first kappa shape index (κ1) is 20.6. The number of hydrogen-bond donors (Lipinski definition) is 2. The van der Waals surface area contributed by atoms with Gasteiger partial charge >= 0.3 is 0 Å². The molecule has 0 bridgehead atoms. The quantitative estimate of drug-likeness (QED) is 0.645. The summed E-state index contributed by atoms with van der Waals surface area (Å²) in [6.45, 7) is 4.37. The SMILES string of the molecule is Cc1cccc(OCC(=O)NCCNC(=O)COc2ccc(Cl)cc2)c1C. The van der Waals surface area contributed by atoms with Crippen molar-refractivity contribution >= 4 is 23.4 Å². The molecule has 0 unspecified atom stereocenters. The third-order valence-corrected chi connectivity index (χ3v) is 4.12. The highest BCUT2D eigenvalue weighted by Crippen LogP contribution is 2.20. The maximum Gasteiger partial charge on any atom is 0.258 e. The molecule has 0 radical (unpaired) electrons. The van der Waals surface area contributed by atoms with E-state index in [1.165, 1.54) is 0 Å². The second-order valence-electron chi connectivity index (χ2n) is 5.93. The molecule has 2 N–H and O–H groups in total. The minimum Gasteiger partial charge on any atom is -0.484 e. The number of benzene rings is 2. The molecule has 144 valence electrons. The summed E-state index contributed by atoms with van der Waals surface area (Å²) in [6.07, 6.45) is 0. The largest absolute Gasteiger partial charge is 0.484 e. The molecule has 0 aromatic heterocycles. The maximum atomic E-state index is 11.8. The Morgan fingerprint density at radius 1 is 0.889 bits per heavy atom. The van der Waals surface area contributed by atoms with E-state index in [0.29, 0.717) is 29.6 Å². The molecule has 7 heteroatoms. The van der Waals surface area contributed by atoms with Gasteiger partial charge in [-0.3, -0.25) is 9.59 Å². The topological polar surface area (TPSA) is 76.7 Å². The van der Waals surface area contributed by atoms with E-state index in [0.717, 1.165) is 11.1 Å². The molecular weight excluding hydrogens is 368 g/mol. The summed E-state index contributed by atoms with van der Waals surface area (Å²) >= 11 is 5.78. The predicted octanol–water partition coefficient (Wildman–Crippen LogP) is 2.65. The van der Waals surface area contributed by atoms with E-state index in [9.17, 15) is 9.59 Å². The fourth-order valence-electron chi connectivity index (χ4n) is 2.21. The van der Waals surface area contributed by atoms with Gasteiger partial charge in [0.2, 0.25) is 0 Å². The molecule has 0 fully saturated rings. The summed E-state index contributed by atoms with van der Waals surface area (Å²) in [5.41, 5.74) is 2.12. The lowest BCUT2D eigenvalue weighted by Gasteiger charge is -2.11. The molecule has 6 nitrogen and oxygen atoms in total. The van der Waals surface area contributed by atoms with Crippen LogP contribution >= 0.6 is 11.6 Å². The van der Waals surface area contributed by atoms with Gasteiger partial charge in [-0.1, -0.05) is 23.7 Å². The number of amides is 2. The van der Waals surface area contributed by atoms with Gasteiger partial charge in [0.05, 0.1) is 0 Å². The number of ether oxygens (including phenoxy) is 2. The zero-order chi connectivity index (χ0) is 19.6. The van der Waals surface area contributed by atoms with Gasteiger partial charge in [0.1, 0.15) is 11.5 Å². The number of carbonyl (C=O) groups excluding carboxylic acids is 2. The Morgan fingerprint density at radius 3 is 2.11 bits per heavy atom. The standard InChI is InChI=1S/C20H23ClN2O4/c1-14-4-3-5-18(15(14)2)27-13-20(25)23-11-10-22-19(24)12-26-17-8-6-16(21)7-9-17/h3-9H,10-13H2,1-2H3,(H,22,24)(H,23,25). The summed E-state index contributed by atoms with van der Waals surface area (Å²) in [7, 11) is 0. The lowest BCUT2D eigenvalue weighted by molar-refractivity contribution is -0.124. The van der Waals surface area contributed by atoms with Crippen LogP contribution in [0.3, 0.4) is 0 Å². The fraction of sp³-hybridized carbons (Fsp3) is 0.300. The molecule has 0 atom stereocenters. The molecule has 0 saturated heterocycles. The van der Waals surface area contributed by atoms with Gasteiger partial charge in [-0.2, -0.15) is 0 Å². The minimum atomic E-state index is -0.272. The van der Waals surface area contributed by atoms with Crippen LogP contribution < -0.4 is 20.1 Å². The molecule has 0 spiro atoms. The lowest BCUT2D eigenvalue weighted by Crippen LogP contribution is -2.38. The van der Waals surface area contributed by atoms with Crippen molar-refractivity contribution in [2.45, 2.75) is 13.8 Å². The highest BCUT2D eigenvalue weighted by molar-refractivity contribution is 6.30. The van der Waals surface area contributed by atoms with Crippen LogP contribution in [0.15, 0.2) is 42.5 Å². The zero-order valence-corrected chi connectivity index (χ0v) is 16.1. The summed E-state index contributed by atoms with van der Waals surface area (Å²) in [5, 5.41) is 5.95. The van der Waals surface area contributed by atoms with Crippen LogP contribution in [0.5, 0.6) is 11.5 Å². The monoisotopic (exact) mass is 390 g/mol. The van der Waals surface area contributed by atoms with Crippen LogP contribution in [-0.2, 0) is 9.59 Å². The van der Waals surface area contributed by atoms with E-state index in [1.54, 1.807) is 24.3 Å². The molecule has 0 heterocycles.